The number of nitrogens with zero attached hydrogens (tertiary/aromatic N) is 5. The summed E-state index contributed by atoms with van der Waals surface area (Å²) in [6.45, 7) is 2.01. The molecule has 3 heterocycles. The first-order chi connectivity index (χ1) is 12.8. The van der Waals surface area contributed by atoms with Gasteiger partial charge in [0.25, 0.3) is 0 Å². The fourth-order valence-electron chi connectivity index (χ4n) is 4.12. The summed E-state index contributed by atoms with van der Waals surface area (Å²) < 4.78 is 4.08. The molecule has 0 unspecified atom stereocenters. The van der Waals surface area contributed by atoms with Crippen LogP contribution in [-0.4, -0.2) is 42.7 Å². The van der Waals surface area contributed by atoms with Crippen LogP contribution in [0.15, 0.2) is 42.7 Å². The highest BCUT2D eigenvalue weighted by Gasteiger charge is 2.33. The Bertz CT molecular complexity index is 925. The van der Waals surface area contributed by atoms with Gasteiger partial charge in [0.15, 0.2) is 0 Å². The van der Waals surface area contributed by atoms with Crippen molar-refractivity contribution < 1.29 is 4.79 Å². The van der Waals surface area contributed by atoms with Crippen molar-refractivity contribution in [1.29, 1.82) is 0 Å². The van der Waals surface area contributed by atoms with Gasteiger partial charge in [-0.2, -0.15) is 5.10 Å². The van der Waals surface area contributed by atoms with Crippen LogP contribution in [-0.2, 0) is 17.9 Å². The first kappa shape index (κ1) is 15.6. The van der Waals surface area contributed by atoms with Crippen LogP contribution in [0.1, 0.15) is 37.4 Å². The highest BCUT2D eigenvalue weighted by molar-refractivity contribution is 5.81. The highest BCUT2D eigenvalue weighted by atomic mass is 16.2. The molecule has 3 aromatic rings. The van der Waals surface area contributed by atoms with Crippen LogP contribution >= 0.6 is 0 Å². The fourth-order valence-corrected chi connectivity index (χ4v) is 4.12. The predicted octanol–water partition coefficient (Wildman–Crippen LogP) is 2.80. The Kier molecular flexibility index (Phi) is 3.76. The first-order valence-corrected chi connectivity index (χ1v) is 9.51. The van der Waals surface area contributed by atoms with Crippen LogP contribution in [0.25, 0.3) is 11.0 Å². The quantitative estimate of drug-likeness (QED) is 0.712. The Morgan fingerprint density at radius 2 is 2.04 bits per heavy atom. The highest BCUT2D eigenvalue weighted by Crippen LogP contribution is 2.40. The molecule has 1 saturated carbocycles. The minimum atomic E-state index is 0.199. The standard InChI is InChI=1S/C20H23N5O/c26-19(24-12-3-5-16(24)13-23-11-4-10-21-23)14-25-18-7-2-1-6-17(18)22-20(25)15-8-9-15/h1-2,4,6-7,10-11,15-16H,3,5,8-9,12-14H2/t16-/m0/s1. The van der Waals surface area contributed by atoms with E-state index in [1.807, 2.05) is 40.0 Å². The molecule has 134 valence electrons. The number of carbonyl (C=O) groups excluding carboxylic acids is 1. The molecule has 1 atom stereocenters. The van der Waals surface area contributed by atoms with Gasteiger partial charge >= 0.3 is 0 Å². The predicted molar refractivity (Wildman–Crippen MR) is 98.7 cm³/mol. The second-order valence-electron chi connectivity index (χ2n) is 7.43. The second kappa shape index (κ2) is 6.27. The number of likely N-dealkylation sites (tertiary alicyclic amines) is 1. The van der Waals surface area contributed by atoms with Crippen LogP contribution in [0, 0.1) is 0 Å². The Labute approximate surface area is 152 Å². The number of fused-ring (bicyclic) bond motifs is 1. The number of benzene rings is 1. The molecule has 0 bridgehead atoms. The summed E-state index contributed by atoms with van der Waals surface area (Å²) in [5, 5.41) is 4.30. The van der Waals surface area contributed by atoms with E-state index < -0.39 is 0 Å². The van der Waals surface area contributed by atoms with Crippen molar-refractivity contribution in [3.8, 4) is 0 Å². The van der Waals surface area contributed by atoms with Gasteiger partial charge in [-0.25, -0.2) is 4.98 Å². The normalized spacial score (nSPS) is 20.2. The van der Waals surface area contributed by atoms with Crippen LogP contribution in [0.2, 0.25) is 0 Å². The molecule has 2 fully saturated rings. The number of para-hydroxylation sites is 2. The zero-order valence-corrected chi connectivity index (χ0v) is 14.8. The molecule has 6 heteroatoms. The van der Waals surface area contributed by atoms with Gasteiger partial charge in [-0.3, -0.25) is 9.48 Å². The average Bonchev–Trinajstić information content (AvgIpc) is 3.06. The van der Waals surface area contributed by atoms with E-state index in [2.05, 4.69) is 15.7 Å². The maximum absolute atomic E-state index is 13.1. The number of imidazole rings is 1. The molecule has 0 radical (unpaired) electrons. The lowest BCUT2D eigenvalue weighted by Gasteiger charge is -2.25. The third-order valence-electron chi connectivity index (χ3n) is 5.57. The topological polar surface area (TPSA) is 56.0 Å². The lowest BCUT2D eigenvalue weighted by molar-refractivity contribution is -0.132. The third kappa shape index (κ3) is 2.79. The minimum absolute atomic E-state index is 0.199. The average molecular weight is 349 g/mol. The molecule has 5 rings (SSSR count). The molecule has 1 aromatic carbocycles. The van der Waals surface area contributed by atoms with Crippen molar-refractivity contribution in [2.24, 2.45) is 0 Å². The van der Waals surface area contributed by atoms with Gasteiger partial charge in [-0.1, -0.05) is 12.1 Å². The second-order valence-corrected chi connectivity index (χ2v) is 7.43. The molecular formula is C20H23N5O. The Hall–Kier alpha value is -2.63. The molecule has 2 aromatic heterocycles. The van der Waals surface area contributed by atoms with Gasteiger partial charge in [0, 0.05) is 24.9 Å². The maximum atomic E-state index is 13.1. The number of aromatic nitrogens is 4. The van der Waals surface area contributed by atoms with E-state index in [9.17, 15) is 4.79 Å². The van der Waals surface area contributed by atoms with Crippen molar-refractivity contribution in [2.75, 3.05) is 6.54 Å². The number of amides is 1. The van der Waals surface area contributed by atoms with Gasteiger partial charge in [-0.15, -0.1) is 0 Å². The van der Waals surface area contributed by atoms with Gasteiger partial charge in [-0.05, 0) is 43.9 Å². The van der Waals surface area contributed by atoms with E-state index in [0.717, 1.165) is 42.8 Å². The van der Waals surface area contributed by atoms with E-state index in [1.54, 1.807) is 6.20 Å². The van der Waals surface area contributed by atoms with Crippen molar-refractivity contribution in [3.63, 3.8) is 0 Å². The van der Waals surface area contributed by atoms with Crippen molar-refractivity contribution >= 4 is 16.9 Å². The molecule has 1 amide bonds. The largest absolute Gasteiger partial charge is 0.336 e. The number of carbonyl (C=O) groups is 1. The zero-order chi connectivity index (χ0) is 17.5. The molecule has 6 nitrogen and oxygen atoms in total. The number of hydrogen-bond acceptors (Lipinski definition) is 3. The summed E-state index contributed by atoms with van der Waals surface area (Å²) in [6, 6.07) is 10.3. The van der Waals surface area contributed by atoms with Crippen molar-refractivity contribution in [3.05, 3.63) is 48.5 Å². The summed E-state index contributed by atoms with van der Waals surface area (Å²) in [4.78, 5) is 20.0. The summed E-state index contributed by atoms with van der Waals surface area (Å²) in [5.41, 5.74) is 2.07. The SMILES string of the molecule is O=C(Cn1c(C2CC2)nc2ccccc21)N1CCC[C@H]1Cn1cccn1. The van der Waals surface area contributed by atoms with Gasteiger partial charge in [0.1, 0.15) is 12.4 Å². The van der Waals surface area contributed by atoms with E-state index in [0.29, 0.717) is 12.5 Å². The molecule has 0 N–H and O–H groups in total. The van der Waals surface area contributed by atoms with Crippen LogP contribution in [0.4, 0.5) is 0 Å². The van der Waals surface area contributed by atoms with Crippen molar-refractivity contribution in [2.45, 2.75) is 50.7 Å². The Morgan fingerprint density at radius 1 is 1.15 bits per heavy atom. The van der Waals surface area contributed by atoms with E-state index >= 15 is 0 Å². The van der Waals surface area contributed by atoms with E-state index in [4.69, 9.17) is 4.98 Å². The van der Waals surface area contributed by atoms with E-state index in [-0.39, 0.29) is 11.9 Å². The number of hydrogen-bond donors (Lipinski definition) is 0. The Balaban J connectivity index is 1.39. The van der Waals surface area contributed by atoms with Crippen molar-refractivity contribution in [1.82, 2.24) is 24.2 Å². The summed E-state index contributed by atoms with van der Waals surface area (Å²) in [7, 11) is 0. The van der Waals surface area contributed by atoms with Crippen LogP contribution in [0.5, 0.6) is 0 Å². The van der Waals surface area contributed by atoms with Crippen LogP contribution in [0.3, 0.4) is 0 Å². The maximum Gasteiger partial charge on any atom is 0.242 e. The third-order valence-corrected chi connectivity index (χ3v) is 5.57. The molecule has 1 saturated heterocycles. The number of rotatable bonds is 5. The molecule has 2 aliphatic rings. The first-order valence-electron chi connectivity index (χ1n) is 9.51. The smallest absolute Gasteiger partial charge is 0.242 e. The van der Waals surface area contributed by atoms with Crippen LogP contribution < -0.4 is 0 Å². The molecular weight excluding hydrogens is 326 g/mol. The minimum Gasteiger partial charge on any atom is -0.336 e. The fraction of sp³-hybridized carbons (Fsp3) is 0.450. The summed E-state index contributed by atoms with van der Waals surface area (Å²) >= 11 is 0. The molecule has 1 aliphatic carbocycles. The summed E-state index contributed by atoms with van der Waals surface area (Å²) in [5.74, 6) is 1.81. The monoisotopic (exact) mass is 349 g/mol. The summed E-state index contributed by atoms with van der Waals surface area (Å²) in [6.07, 6.45) is 8.24. The molecule has 0 spiro atoms. The van der Waals surface area contributed by atoms with Gasteiger partial charge < -0.3 is 9.47 Å². The Morgan fingerprint density at radius 3 is 2.85 bits per heavy atom. The van der Waals surface area contributed by atoms with Gasteiger partial charge in [0.2, 0.25) is 5.91 Å². The lowest BCUT2D eigenvalue weighted by Crippen LogP contribution is -2.40. The lowest BCUT2D eigenvalue weighted by atomic mass is 10.2. The van der Waals surface area contributed by atoms with E-state index in [1.165, 1.54) is 12.8 Å². The molecule has 26 heavy (non-hydrogen) atoms. The molecule has 1 aliphatic heterocycles. The zero-order valence-electron chi connectivity index (χ0n) is 14.8. The van der Waals surface area contributed by atoms with Gasteiger partial charge in [0.05, 0.1) is 23.6 Å².